The van der Waals surface area contributed by atoms with Gasteiger partial charge < -0.3 is 19.8 Å². The van der Waals surface area contributed by atoms with Crippen molar-refractivity contribution in [2.75, 3.05) is 0 Å². The van der Waals surface area contributed by atoms with Crippen molar-refractivity contribution in [2.45, 2.75) is 43.6 Å². The third kappa shape index (κ3) is 3.39. The van der Waals surface area contributed by atoms with Crippen LogP contribution < -0.4 is 15.4 Å². The van der Waals surface area contributed by atoms with Gasteiger partial charge in [0.15, 0.2) is 0 Å². The molecule has 2 aliphatic heterocycles. The molecule has 2 bridgehead atoms. The summed E-state index contributed by atoms with van der Waals surface area (Å²) in [6.07, 6.45) is -1.42. The molecule has 2 fully saturated rings. The topological polar surface area (TPSA) is 76.4 Å². The molecule has 1 aromatic carbocycles. The van der Waals surface area contributed by atoms with Crippen molar-refractivity contribution >= 4 is 5.91 Å². The number of carbonyl (C=O) groups is 1. The Morgan fingerprint density at radius 3 is 2.62 bits per heavy atom. The minimum absolute atomic E-state index is 0.130. The predicted molar refractivity (Wildman–Crippen MR) is 83.8 cm³/mol. The predicted octanol–water partition coefficient (Wildman–Crippen LogP) is 3.11. The fourth-order valence-corrected chi connectivity index (χ4v) is 3.45. The zero-order valence-electron chi connectivity index (χ0n) is 13.5. The Kier molecular flexibility index (Phi) is 4.10. The Labute approximate surface area is 146 Å². The van der Waals surface area contributed by atoms with Crippen molar-refractivity contribution in [1.29, 1.82) is 0 Å². The van der Waals surface area contributed by atoms with Crippen LogP contribution >= 0.6 is 0 Å². The van der Waals surface area contributed by atoms with E-state index in [0.717, 1.165) is 19.3 Å². The summed E-state index contributed by atoms with van der Waals surface area (Å²) in [5, 5.41) is 6.47. The number of amides is 1. The zero-order chi connectivity index (χ0) is 18.3. The minimum Gasteiger partial charge on any atom is -0.411 e. The van der Waals surface area contributed by atoms with E-state index < -0.39 is 18.0 Å². The first-order chi connectivity index (χ1) is 12.4. The molecule has 26 heavy (non-hydrogen) atoms. The van der Waals surface area contributed by atoms with E-state index in [0.29, 0.717) is 23.8 Å². The van der Waals surface area contributed by atoms with Gasteiger partial charge >= 0.3 is 12.3 Å². The summed E-state index contributed by atoms with van der Waals surface area (Å²) in [4.78, 5) is 15.8. The number of ether oxygens (including phenoxy) is 1. The van der Waals surface area contributed by atoms with Crippen LogP contribution in [0.15, 0.2) is 34.9 Å². The van der Waals surface area contributed by atoms with Gasteiger partial charge in [-0.25, -0.2) is 0 Å². The Bertz CT molecular complexity index is 804. The number of hydrogen-bond donors (Lipinski definition) is 2. The van der Waals surface area contributed by atoms with Crippen molar-refractivity contribution in [1.82, 2.24) is 15.6 Å². The molecule has 0 spiro atoms. The molecule has 4 rings (SSSR count). The molecule has 2 N–H and O–H groups in total. The first-order valence-corrected chi connectivity index (χ1v) is 8.26. The van der Waals surface area contributed by atoms with Gasteiger partial charge in [-0.15, -0.1) is 0 Å². The molecule has 2 aliphatic rings. The average molecular weight is 367 g/mol. The van der Waals surface area contributed by atoms with Gasteiger partial charge in [0.25, 0.3) is 5.91 Å². The molecule has 0 radical (unpaired) electrons. The third-order valence-electron chi connectivity index (χ3n) is 4.70. The number of rotatable bonds is 4. The lowest BCUT2D eigenvalue weighted by Gasteiger charge is -2.21. The summed E-state index contributed by atoms with van der Waals surface area (Å²) in [7, 11) is 0. The van der Waals surface area contributed by atoms with E-state index in [4.69, 9.17) is 4.74 Å². The molecular formula is C17H16F3N3O3. The Balaban J connectivity index is 1.37. The fraction of sp³-hybridized carbons (Fsp3) is 0.412. The van der Waals surface area contributed by atoms with Crippen molar-refractivity contribution in [3.63, 3.8) is 0 Å². The second-order valence-corrected chi connectivity index (χ2v) is 6.48. The van der Waals surface area contributed by atoms with Crippen molar-refractivity contribution in [2.24, 2.45) is 0 Å². The number of hydrogen-bond acceptors (Lipinski definition) is 5. The normalized spacial score (nSPS) is 24.7. The number of nitrogens with zero attached hydrogens (tertiary/aromatic N) is 1. The highest BCUT2D eigenvalue weighted by molar-refractivity contribution is 5.94. The second kappa shape index (κ2) is 6.31. The van der Waals surface area contributed by atoms with Gasteiger partial charge in [-0.1, -0.05) is 0 Å². The Hall–Kier alpha value is -2.55. The standard InChI is InChI=1S/C17H16F3N3O3/c18-17(19,20)14-8-21-16(26-14)25-11-4-1-9(2-5-11)15(24)23-13-7-10-3-6-12(13)22-10/h1-2,4-5,8,10,12-13,22H,3,6-7H2,(H,23,24). The van der Waals surface area contributed by atoms with Crippen LogP contribution in [0.1, 0.15) is 35.4 Å². The molecule has 3 unspecified atom stereocenters. The number of alkyl halides is 3. The molecule has 2 aromatic rings. The number of fused-ring (bicyclic) bond motifs is 2. The maximum Gasteiger partial charge on any atom is 0.451 e. The van der Waals surface area contributed by atoms with Gasteiger partial charge in [-0.2, -0.15) is 18.2 Å². The maximum absolute atomic E-state index is 12.5. The lowest BCUT2D eigenvalue weighted by Crippen LogP contribution is -2.42. The van der Waals surface area contributed by atoms with Crippen molar-refractivity contribution in [3.05, 3.63) is 41.8 Å². The van der Waals surface area contributed by atoms with Gasteiger partial charge in [0.1, 0.15) is 5.75 Å². The van der Waals surface area contributed by atoms with E-state index in [1.54, 1.807) is 12.1 Å². The summed E-state index contributed by atoms with van der Waals surface area (Å²) in [6.45, 7) is 0. The monoisotopic (exact) mass is 367 g/mol. The summed E-state index contributed by atoms with van der Waals surface area (Å²) < 4.78 is 47.0. The van der Waals surface area contributed by atoms with Crippen LogP contribution in [-0.4, -0.2) is 29.0 Å². The minimum atomic E-state index is -4.62. The quantitative estimate of drug-likeness (QED) is 0.868. The van der Waals surface area contributed by atoms with E-state index in [9.17, 15) is 18.0 Å². The number of benzene rings is 1. The molecule has 0 saturated carbocycles. The molecule has 138 valence electrons. The molecule has 1 aromatic heterocycles. The van der Waals surface area contributed by atoms with Gasteiger partial charge in [0.2, 0.25) is 5.76 Å². The molecule has 9 heteroatoms. The van der Waals surface area contributed by atoms with Gasteiger partial charge in [-0.05, 0) is 43.5 Å². The molecule has 3 atom stereocenters. The maximum atomic E-state index is 12.5. The number of oxazole rings is 1. The van der Waals surface area contributed by atoms with Crippen LogP contribution in [0.2, 0.25) is 0 Å². The van der Waals surface area contributed by atoms with E-state index in [1.807, 2.05) is 0 Å². The number of carbonyl (C=O) groups excluding carboxylic acids is 1. The van der Waals surface area contributed by atoms with Crippen LogP contribution in [0.5, 0.6) is 11.8 Å². The lowest BCUT2D eigenvalue weighted by molar-refractivity contribution is -0.153. The molecule has 0 aliphatic carbocycles. The molecule has 6 nitrogen and oxygen atoms in total. The fourth-order valence-electron chi connectivity index (χ4n) is 3.45. The highest BCUT2D eigenvalue weighted by atomic mass is 19.4. The SMILES string of the molecule is O=C(NC1CC2CCC1N2)c1ccc(Oc2ncc(C(F)(F)F)o2)cc1. The summed E-state index contributed by atoms with van der Waals surface area (Å²) in [5.74, 6) is -1.20. The Morgan fingerprint density at radius 2 is 2.04 bits per heavy atom. The number of aromatic nitrogens is 1. The van der Waals surface area contributed by atoms with E-state index in [-0.39, 0.29) is 17.7 Å². The average Bonchev–Trinajstić information content (AvgIpc) is 3.31. The van der Waals surface area contributed by atoms with Gasteiger partial charge in [0, 0.05) is 23.7 Å². The molecule has 3 heterocycles. The van der Waals surface area contributed by atoms with Gasteiger partial charge in [0.05, 0.1) is 6.20 Å². The smallest absolute Gasteiger partial charge is 0.411 e. The highest BCUT2D eigenvalue weighted by Gasteiger charge is 2.39. The van der Waals surface area contributed by atoms with Crippen LogP contribution in [0.4, 0.5) is 13.2 Å². The number of halogens is 3. The number of nitrogens with one attached hydrogen (secondary N) is 2. The summed E-state index contributed by atoms with van der Waals surface area (Å²) in [5.41, 5.74) is 0.448. The molecular weight excluding hydrogens is 351 g/mol. The zero-order valence-corrected chi connectivity index (χ0v) is 13.5. The van der Waals surface area contributed by atoms with Crippen LogP contribution in [0.3, 0.4) is 0 Å². The van der Waals surface area contributed by atoms with E-state index in [2.05, 4.69) is 20.0 Å². The van der Waals surface area contributed by atoms with Crippen molar-refractivity contribution < 1.29 is 27.1 Å². The lowest BCUT2D eigenvalue weighted by atomic mass is 9.95. The largest absolute Gasteiger partial charge is 0.451 e. The first kappa shape index (κ1) is 16.9. The first-order valence-electron chi connectivity index (χ1n) is 8.26. The van der Waals surface area contributed by atoms with Crippen LogP contribution in [0.25, 0.3) is 0 Å². The summed E-state index contributed by atoms with van der Waals surface area (Å²) >= 11 is 0. The van der Waals surface area contributed by atoms with Gasteiger partial charge in [-0.3, -0.25) is 4.79 Å². The van der Waals surface area contributed by atoms with E-state index >= 15 is 0 Å². The van der Waals surface area contributed by atoms with Crippen LogP contribution in [0, 0.1) is 0 Å². The van der Waals surface area contributed by atoms with Crippen molar-refractivity contribution in [3.8, 4) is 11.8 Å². The highest BCUT2D eigenvalue weighted by Crippen LogP contribution is 2.32. The summed E-state index contributed by atoms with van der Waals surface area (Å²) in [6, 6.07) is 6.99. The van der Waals surface area contributed by atoms with Crippen LogP contribution in [-0.2, 0) is 6.18 Å². The Morgan fingerprint density at radius 1 is 1.27 bits per heavy atom. The third-order valence-corrected chi connectivity index (χ3v) is 4.70. The molecule has 2 saturated heterocycles. The van der Waals surface area contributed by atoms with E-state index in [1.165, 1.54) is 12.1 Å². The second-order valence-electron chi connectivity index (χ2n) is 6.48. The molecule has 1 amide bonds.